The average molecular weight is 586 g/mol. The summed E-state index contributed by atoms with van der Waals surface area (Å²) in [5.41, 5.74) is 9.47. The second-order valence-corrected chi connectivity index (χ2v) is 13.2. The van der Waals surface area contributed by atoms with Crippen molar-refractivity contribution in [3.63, 3.8) is 0 Å². The van der Waals surface area contributed by atoms with Crippen LogP contribution in [-0.2, 0) is 5.41 Å². The van der Waals surface area contributed by atoms with Crippen molar-refractivity contribution in [3.8, 4) is 38.8 Å². The lowest BCUT2D eigenvalue weighted by molar-refractivity contribution is 0.590. The Morgan fingerprint density at radius 1 is 0.545 bits per heavy atom. The lowest BCUT2D eigenvalue weighted by atomic mass is 9.87. The van der Waals surface area contributed by atoms with Gasteiger partial charge in [-0.2, -0.15) is 4.37 Å². The third kappa shape index (κ3) is 4.59. The fourth-order valence-corrected chi connectivity index (χ4v) is 6.84. The highest BCUT2D eigenvalue weighted by Gasteiger charge is 2.17. The van der Waals surface area contributed by atoms with E-state index in [1.807, 2.05) is 0 Å². The van der Waals surface area contributed by atoms with Crippen LogP contribution in [0, 0.1) is 0 Å². The quantitative estimate of drug-likeness (QED) is 0.206. The molecule has 0 saturated carbocycles. The number of hydrogen-bond acceptors (Lipinski definition) is 3. The predicted molar refractivity (Wildman–Crippen MR) is 187 cm³/mol. The lowest BCUT2D eigenvalue weighted by Crippen LogP contribution is -2.10. The molecule has 0 spiro atoms. The van der Waals surface area contributed by atoms with Crippen LogP contribution < -0.4 is 0 Å². The number of para-hydroxylation sites is 1. The summed E-state index contributed by atoms with van der Waals surface area (Å²) in [7, 11) is 0. The molecule has 0 unspecified atom stereocenters. The number of benzene rings is 6. The van der Waals surface area contributed by atoms with Gasteiger partial charge in [-0.05, 0) is 86.9 Å². The van der Waals surface area contributed by atoms with Gasteiger partial charge < -0.3 is 4.57 Å². The van der Waals surface area contributed by atoms with Gasteiger partial charge in [0.05, 0.1) is 11.0 Å². The summed E-state index contributed by atoms with van der Waals surface area (Å²) >= 11 is 1.46. The highest BCUT2D eigenvalue weighted by atomic mass is 32.1. The molecular weight excluding hydrogens is 555 g/mol. The topological polar surface area (TPSA) is 30.7 Å². The number of hydrogen-bond donors (Lipinski definition) is 0. The van der Waals surface area contributed by atoms with Crippen molar-refractivity contribution in [2.45, 2.75) is 26.2 Å². The van der Waals surface area contributed by atoms with Gasteiger partial charge in [0.2, 0.25) is 0 Å². The largest absolute Gasteiger partial charge is 0.309 e. The molecule has 0 aliphatic rings. The second-order valence-electron chi connectivity index (χ2n) is 12.4. The first-order valence-corrected chi connectivity index (χ1v) is 15.8. The predicted octanol–water partition coefficient (Wildman–Crippen LogP) is 11.1. The van der Waals surface area contributed by atoms with Crippen LogP contribution in [0.15, 0.2) is 133 Å². The Morgan fingerprint density at radius 3 is 2.09 bits per heavy atom. The molecule has 8 aromatic rings. The van der Waals surface area contributed by atoms with E-state index in [2.05, 4.69) is 159 Å². The Bertz CT molecular complexity index is 2320. The summed E-state index contributed by atoms with van der Waals surface area (Å²) in [6, 6.07) is 48.1. The molecular formula is C40H31N3S. The Hall–Kier alpha value is -5.06. The van der Waals surface area contributed by atoms with Gasteiger partial charge in [0, 0.05) is 27.6 Å². The van der Waals surface area contributed by atoms with E-state index in [-0.39, 0.29) is 5.41 Å². The molecule has 8 rings (SSSR count). The zero-order valence-electron chi connectivity index (χ0n) is 25.0. The van der Waals surface area contributed by atoms with Gasteiger partial charge in [0.25, 0.3) is 0 Å². The van der Waals surface area contributed by atoms with Crippen molar-refractivity contribution >= 4 is 44.1 Å². The third-order valence-corrected chi connectivity index (χ3v) is 9.31. The van der Waals surface area contributed by atoms with Crippen LogP contribution in [0.2, 0.25) is 0 Å². The molecule has 44 heavy (non-hydrogen) atoms. The Morgan fingerprint density at radius 2 is 1.25 bits per heavy atom. The monoisotopic (exact) mass is 585 g/mol. The van der Waals surface area contributed by atoms with Crippen molar-refractivity contribution in [1.29, 1.82) is 0 Å². The molecule has 0 atom stereocenters. The van der Waals surface area contributed by atoms with Gasteiger partial charge in [-0.25, -0.2) is 4.98 Å². The van der Waals surface area contributed by atoms with E-state index < -0.39 is 0 Å². The van der Waals surface area contributed by atoms with E-state index >= 15 is 0 Å². The van der Waals surface area contributed by atoms with Gasteiger partial charge in [-0.1, -0.05) is 112 Å². The van der Waals surface area contributed by atoms with Crippen molar-refractivity contribution in [2.75, 3.05) is 0 Å². The smallest absolute Gasteiger partial charge is 0.173 e. The molecule has 212 valence electrons. The molecule has 0 amide bonds. The molecule has 0 bridgehead atoms. The molecule has 2 aromatic heterocycles. The van der Waals surface area contributed by atoms with Crippen molar-refractivity contribution in [3.05, 3.63) is 139 Å². The summed E-state index contributed by atoms with van der Waals surface area (Å²) in [4.78, 5) is 4.96. The van der Waals surface area contributed by atoms with Crippen LogP contribution in [0.4, 0.5) is 0 Å². The number of nitrogens with zero attached hydrogens (tertiary/aromatic N) is 3. The molecule has 0 aliphatic heterocycles. The van der Waals surface area contributed by atoms with E-state index in [4.69, 9.17) is 9.36 Å². The molecule has 4 heteroatoms. The van der Waals surface area contributed by atoms with Crippen molar-refractivity contribution < 1.29 is 0 Å². The summed E-state index contributed by atoms with van der Waals surface area (Å²) in [6.45, 7) is 6.71. The number of rotatable bonds is 4. The minimum atomic E-state index is 0.122. The zero-order valence-corrected chi connectivity index (χ0v) is 25.8. The van der Waals surface area contributed by atoms with E-state index in [0.717, 1.165) is 27.6 Å². The summed E-state index contributed by atoms with van der Waals surface area (Å²) in [5, 5.41) is 5.86. The molecule has 0 saturated heterocycles. The van der Waals surface area contributed by atoms with Gasteiger partial charge in [-0.3, -0.25) is 0 Å². The summed E-state index contributed by atoms with van der Waals surface area (Å²) in [5.74, 6) is 0.766. The fourth-order valence-electron chi connectivity index (χ4n) is 6.15. The van der Waals surface area contributed by atoms with Gasteiger partial charge in [-0.15, -0.1) is 0 Å². The van der Waals surface area contributed by atoms with E-state index in [1.165, 1.54) is 60.8 Å². The average Bonchev–Trinajstić information content (AvgIpc) is 3.68. The van der Waals surface area contributed by atoms with Crippen molar-refractivity contribution in [1.82, 2.24) is 13.9 Å². The highest BCUT2D eigenvalue weighted by molar-refractivity contribution is 7.09. The van der Waals surface area contributed by atoms with Crippen LogP contribution >= 0.6 is 11.5 Å². The van der Waals surface area contributed by atoms with E-state index in [1.54, 1.807) is 0 Å². The van der Waals surface area contributed by atoms with E-state index in [0.29, 0.717) is 0 Å². The van der Waals surface area contributed by atoms with Crippen LogP contribution in [0.25, 0.3) is 71.4 Å². The van der Waals surface area contributed by atoms with Gasteiger partial charge in [0.15, 0.2) is 5.82 Å². The maximum atomic E-state index is 4.96. The first kappa shape index (κ1) is 26.6. The summed E-state index contributed by atoms with van der Waals surface area (Å²) < 4.78 is 7.15. The molecule has 0 radical (unpaired) electrons. The normalized spacial score (nSPS) is 12.0. The second kappa shape index (κ2) is 10.3. The van der Waals surface area contributed by atoms with Crippen LogP contribution in [0.1, 0.15) is 26.3 Å². The van der Waals surface area contributed by atoms with Gasteiger partial charge >= 0.3 is 0 Å². The standard InChI is InChI=1S/C40H31N3S/c1-40(2,3)32-20-17-27(18-21-32)39-41-38(42-44-39)31-19-22-37-35(25-31)34-13-6-7-14-36(34)43(37)33-12-8-11-29(24-33)30-16-15-26-9-4-5-10-28(26)23-30/h4-25H,1-3H3. The van der Waals surface area contributed by atoms with Crippen LogP contribution in [0.3, 0.4) is 0 Å². The van der Waals surface area contributed by atoms with Gasteiger partial charge in [0.1, 0.15) is 5.01 Å². The molecule has 2 heterocycles. The number of fused-ring (bicyclic) bond motifs is 4. The third-order valence-electron chi connectivity index (χ3n) is 8.54. The maximum absolute atomic E-state index is 4.96. The molecule has 0 fully saturated rings. The van der Waals surface area contributed by atoms with Crippen LogP contribution in [0.5, 0.6) is 0 Å². The maximum Gasteiger partial charge on any atom is 0.173 e. The molecule has 0 aliphatic carbocycles. The minimum Gasteiger partial charge on any atom is -0.309 e. The zero-order chi connectivity index (χ0) is 29.8. The number of aromatic nitrogens is 3. The molecule has 3 nitrogen and oxygen atoms in total. The molecule has 6 aromatic carbocycles. The SMILES string of the molecule is CC(C)(C)c1ccc(-c2nc(-c3ccc4c(c3)c3ccccc3n4-c3cccc(-c4ccc5ccccc5c4)c3)ns2)cc1. The fraction of sp³-hybridized carbons (Fsp3) is 0.100. The Balaban J connectivity index is 1.20. The summed E-state index contributed by atoms with van der Waals surface area (Å²) in [6.07, 6.45) is 0. The molecule has 0 N–H and O–H groups in total. The lowest BCUT2D eigenvalue weighted by Gasteiger charge is -2.18. The van der Waals surface area contributed by atoms with Crippen LogP contribution in [-0.4, -0.2) is 13.9 Å². The first-order chi connectivity index (χ1) is 21.4. The highest BCUT2D eigenvalue weighted by Crippen LogP contribution is 2.36. The minimum absolute atomic E-state index is 0.122. The van der Waals surface area contributed by atoms with E-state index in [9.17, 15) is 0 Å². The van der Waals surface area contributed by atoms with Crippen molar-refractivity contribution in [2.24, 2.45) is 0 Å². The Kier molecular flexibility index (Phi) is 6.21. The first-order valence-electron chi connectivity index (χ1n) is 15.0. The Labute approximate surface area is 261 Å².